The summed E-state index contributed by atoms with van der Waals surface area (Å²) in [6.45, 7) is 0.295. The molecule has 0 aliphatic carbocycles. The lowest BCUT2D eigenvalue weighted by molar-refractivity contribution is -0.274. The van der Waals surface area contributed by atoms with Crippen LogP contribution in [-0.4, -0.2) is 16.0 Å². The molecule has 1 heterocycles. The van der Waals surface area contributed by atoms with Crippen LogP contribution >= 0.6 is 11.6 Å². The van der Waals surface area contributed by atoms with Crippen LogP contribution in [0.15, 0.2) is 48.7 Å². The molecule has 2 aromatic carbocycles. The van der Waals surface area contributed by atoms with Crippen LogP contribution in [0.4, 0.5) is 13.2 Å². The molecule has 0 amide bonds. The van der Waals surface area contributed by atoms with E-state index < -0.39 is 6.36 Å². The van der Waals surface area contributed by atoms with Gasteiger partial charge >= 0.3 is 6.36 Å². The maximum atomic E-state index is 12.1. The topological polar surface area (TPSA) is 34.4 Å². The normalized spacial score (nSPS) is 11.8. The van der Waals surface area contributed by atoms with Gasteiger partial charge in [-0.15, -0.1) is 13.2 Å². The number of fused-ring (bicyclic) bond motifs is 1. The monoisotopic (exact) mass is 341 g/mol. The minimum Gasteiger partial charge on any atom is -0.494 e. The van der Waals surface area contributed by atoms with Crippen LogP contribution in [0.25, 0.3) is 10.8 Å². The van der Waals surface area contributed by atoms with E-state index in [0.717, 1.165) is 5.39 Å². The van der Waals surface area contributed by atoms with Gasteiger partial charge in [-0.3, -0.25) is 0 Å². The van der Waals surface area contributed by atoms with Gasteiger partial charge in [0.25, 0.3) is 0 Å². The van der Waals surface area contributed by atoms with E-state index in [1.54, 1.807) is 22.9 Å². The Morgan fingerprint density at radius 2 is 1.78 bits per heavy atom. The molecule has 1 aromatic heterocycles. The fourth-order valence-corrected chi connectivity index (χ4v) is 2.64. The van der Waals surface area contributed by atoms with Gasteiger partial charge in [-0.05, 0) is 23.8 Å². The van der Waals surface area contributed by atoms with Crippen molar-refractivity contribution < 1.29 is 23.0 Å². The second-order valence-corrected chi connectivity index (χ2v) is 5.38. The maximum absolute atomic E-state index is 12.1. The van der Waals surface area contributed by atoms with E-state index in [-0.39, 0.29) is 11.6 Å². The van der Waals surface area contributed by atoms with Gasteiger partial charge in [-0.2, -0.15) is 0 Å². The molecule has 0 spiro atoms. The van der Waals surface area contributed by atoms with Crippen molar-refractivity contribution in [3.05, 3.63) is 59.2 Å². The van der Waals surface area contributed by atoms with Crippen molar-refractivity contribution in [3.63, 3.8) is 0 Å². The number of benzene rings is 2. The molecular formula is C16H11ClF3NO2. The Balaban J connectivity index is 1.85. The van der Waals surface area contributed by atoms with E-state index in [1.807, 2.05) is 6.07 Å². The van der Waals surface area contributed by atoms with E-state index in [4.69, 9.17) is 11.6 Å². The average Bonchev–Trinajstić information content (AvgIpc) is 2.77. The zero-order valence-corrected chi connectivity index (χ0v) is 12.4. The molecule has 120 valence electrons. The molecule has 23 heavy (non-hydrogen) atoms. The quantitative estimate of drug-likeness (QED) is 0.731. The molecule has 3 rings (SSSR count). The Labute approximate surface area is 134 Å². The molecule has 0 aliphatic rings. The lowest BCUT2D eigenvalue weighted by Crippen LogP contribution is -2.17. The van der Waals surface area contributed by atoms with Crippen molar-refractivity contribution in [2.24, 2.45) is 0 Å². The van der Waals surface area contributed by atoms with Crippen LogP contribution in [0.3, 0.4) is 0 Å². The van der Waals surface area contributed by atoms with Crippen LogP contribution in [0.1, 0.15) is 5.56 Å². The smallest absolute Gasteiger partial charge is 0.494 e. The summed E-state index contributed by atoms with van der Waals surface area (Å²) in [6.07, 6.45) is -2.98. The highest BCUT2D eigenvalue weighted by atomic mass is 35.5. The van der Waals surface area contributed by atoms with Gasteiger partial charge in [0.05, 0.1) is 17.0 Å². The first kappa shape index (κ1) is 15.6. The number of nitrogens with zero attached hydrogens (tertiary/aromatic N) is 1. The van der Waals surface area contributed by atoms with E-state index in [9.17, 15) is 18.3 Å². The van der Waals surface area contributed by atoms with Crippen LogP contribution in [-0.2, 0) is 6.54 Å². The molecule has 0 bridgehead atoms. The third kappa shape index (κ3) is 3.37. The molecule has 1 N–H and O–H groups in total. The third-order valence-corrected chi connectivity index (χ3v) is 3.66. The lowest BCUT2D eigenvalue weighted by Gasteiger charge is -2.10. The SMILES string of the molecule is Oc1c2c(Cl)cccc2cn1Cc1ccc(OC(F)(F)F)cc1. The van der Waals surface area contributed by atoms with Gasteiger partial charge in [-0.1, -0.05) is 35.9 Å². The number of hydrogen-bond donors (Lipinski definition) is 1. The van der Waals surface area contributed by atoms with Crippen LogP contribution in [0, 0.1) is 0 Å². The Bertz CT molecular complexity index is 841. The first-order chi connectivity index (χ1) is 10.8. The number of ether oxygens (including phenoxy) is 1. The number of halogens is 4. The summed E-state index contributed by atoms with van der Waals surface area (Å²) in [5.41, 5.74) is 0.714. The molecule has 0 unspecified atom stereocenters. The van der Waals surface area contributed by atoms with E-state index in [0.29, 0.717) is 22.5 Å². The van der Waals surface area contributed by atoms with Crippen molar-refractivity contribution in [2.45, 2.75) is 12.9 Å². The van der Waals surface area contributed by atoms with Crippen molar-refractivity contribution in [3.8, 4) is 11.6 Å². The third-order valence-electron chi connectivity index (χ3n) is 3.35. The summed E-state index contributed by atoms with van der Waals surface area (Å²) in [4.78, 5) is 0. The van der Waals surface area contributed by atoms with Crippen molar-refractivity contribution in [1.82, 2.24) is 4.57 Å². The first-order valence-corrected chi connectivity index (χ1v) is 7.02. The fourth-order valence-electron chi connectivity index (χ4n) is 2.37. The van der Waals surface area contributed by atoms with Gasteiger partial charge in [0, 0.05) is 11.6 Å². The highest BCUT2D eigenvalue weighted by Gasteiger charge is 2.30. The van der Waals surface area contributed by atoms with E-state index in [1.165, 1.54) is 24.3 Å². The highest BCUT2D eigenvalue weighted by Crippen LogP contribution is 2.33. The molecule has 3 nitrogen and oxygen atoms in total. The molecule has 0 aliphatic heterocycles. The summed E-state index contributed by atoms with van der Waals surface area (Å²) in [5.74, 6) is -0.271. The largest absolute Gasteiger partial charge is 0.573 e. The number of hydrogen-bond acceptors (Lipinski definition) is 2. The standard InChI is InChI=1S/C16H11ClF3NO2/c17-13-3-1-2-11-9-21(15(22)14(11)13)8-10-4-6-12(7-5-10)23-16(18,19)20/h1-7,9,22H,8H2. The van der Waals surface area contributed by atoms with Gasteiger partial charge in [0.2, 0.25) is 5.88 Å². The van der Waals surface area contributed by atoms with Gasteiger partial charge in [0.15, 0.2) is 0 Å². The van der Waals surface area contributed by atoms with Crippen LogP contribution in [0.5, 0.6) is 11.6 Å². The second-order valence-electron chi connectivity index (χ2n) is 4.98. The molecule has 0 radical (unpaired) electrons. The van der Waals surface area contributed by atoms with E-state index in [2.05, 4.69) is 4.74 Å². The molecule has 0 atom stereocenters. The molecule has 0 saturated heterocycles. The highest BCUT2D eigenvalue weighted by molar-refractivity contribution is 6.36. The minimum atomic E-state index is -4.71. The lowest BCUT2D eigenvalue weighted by atomic mass is 10.2. The maximum Gasteiger partial charge on any atom is 0.573 e. The van der Waals surface area contributed by atoms with Crippen molar-refractivity contribution >= 4 is 22.4 Å². The Morgan fingerprint density at radius 1 is 1.09 bits per heavy atom. The average molecular weight is 342 g/mol. The van der Waals surface area contributed by atoms with Gasteiger partial charge in [-0.25, -0.2) is 0 Å². The number of alkyl halides is 3. The first-order valence-electron chi connectivity index (χ1n) is 6.64. The second kappa shape index (κ2) is 5.70. The number of rotatable bonds is 3. The Hall–Kier alpha value is -2.34. The number of aromatic nitrogens is 1. The summed E-state index contributed by atoms with van der Waals surface area (Å²) in [7, 11) is 0. The van der Waals surface area contributed by atoms with Crippen LogP contribution < -0.4 is 4.74 Å². The van der Waals surface area contributed by atoms with Crippen molar-refractivity contribution in [1.29, 1.82) is 0 Å². The zero-order valence-electron chi connectivity index (χ0n) is 11.6. The van der Waals surface area contributed by atoms with Crippen LogP contribution in [0.2, 0.25) is 5.02 Å². The van der Waals surface area contributed by atoms with Gasteiger partial charge in [0.1, 0.15) is 5.75 Å². The number of aromatic hydroxyl groups is 1. The summed E-state index contributed by atoms with van der Waals surface area (Å²) in [5, 5.41) is 12.0. The summed E-state index contributed by atoms with van der Waals surface area (Å²) < 4.78 is 41.8. The predicted molar refractivity (Wildman–Crippen MR) is 80.8 cm³/mol. The summed E-state index contributed by atoms with van der Waals surface area (Å²) in [6, 6.07) is 10.7. The molecular weight excluding hydrogens is 331 g/mol. The Morgan fingerprint density at radius 3 is 2.39 bits per heavy atom. The molecule has 0 fully saturated rings. The molecule has 3 aromatic rings. The Kier molecular flexibility index (Phi) is 3.85. The minimum absolute atomic E-state index is 0.0150. The molecule has 0 saturated carbocycles. The van der Waals surface area contributed by atoms with E-state index >= 15 is 0 Å². The predicted octanol–water partition coefficient (Wildman–Crippen LogP) is 4.95. The fraction of sp³-hybridized carbons (Fsp3) is 0.125. The van der Waals surface area contributed by atoms with Gasteiger partial charge < -0.3 is 14.4 Å². The summed E-state index contributed by atoms with van der Waals surface area (Å²) >= 11 is 6.06. The molecule has 7 heteroatoms. The van der Waals surface area contributed by atoms with Crippen molar-refractivity contribution in [2.75, 3.05) is 0 Å². The zero-order chi connectivity index (χ0) is 16.6.